The third-order valence-corrected chi connectivity index (χ3v) is 4.87. The normalized spacial score (nSPS) is 16.6. The third kappa shape index (κ3) is 4.39. The second-order valence-corrected chi connectivity index (χ2v) is 7.03. The number of nitrogens with zero attached hydrogens (tertiary/aromatic N) is 2. The van der Waals surface area contributed by atoms with Crippen molar-refractivity contribution in [3.8, 4) is 0 Å². The molecule has 1 aliphatic heterocycles. The number of rotatable bonds is 7. The van der Waals surface area contributed by atoms with Gasteiger partial charge in [-0.1, -0.05) is 48.0 Å². The first-order valence-corrected chi connectivity index (χ1v) is 9.49. The summed E-state index contributed by atoms with van der Waals surface area (Å²) in [4.78, 5) is 39.9. The molecule has 0 spiro atoms. The zero-order valence-corrected chi connectivity index (χ0v) is 16.2. The number of carbonyl (C=O) groups is 3. The van der Waals surface area contributed by atoms with Gasteiger partial charge in [-0.3, -0.25) is 19.4 Å². The molecule has 0 bridgehead atoms. The van der Waals surface area contributed by atoms with Gasteiger partial charge in [0, 0.05) is 12.2 Å². The highest BCUT2D eigenvalue weighted by Gasteiger charge is 2.43. The molecule has 6 heteroatoms. The average Bonchev–Trinajstić information content (AvgIpc) is 2.90. The maximum absolute atomic E-state index is 12.7. The predicted molar refractivity (Wildman–Crippen MR) is 108 cm³/mol. The number of urea groups is 1. The Labute approximate surface area is 165 Å². The van der Waals surface area contributed by atoms with Crippen molar-refractivity contribution in [3.05, 3.63) is 65.7 Å². The first kappa shape index (κ1) is 19.6. The number of imide groups is 1. The summed E-state index contributed by atoms with van der Waals surface area (Å²) in [6.07, 6.45) is 1.66. The summed E-state index contributed by atoms with van der Waals surface area (Å²) in [6, 6.07) is 16.4. The minimum absolute atomic E-state index is 0.254. The average molecular weight is 379 g/mol. The van der Waals surface area contributed by atoms with Gasteiger partial charge in [-0.2, -0.15) is 0 Å². The molecule has 1 heterocycles. The molecule has 2 aromatic carbocycles. The number of aryl methyl sites for hydroxylation is 2. The van der Waals surface area contributed by atoms with E-state index in [2.05, 4.69) is 5.32 Å². The lowest BCUT2D eigenvalue weighted by molar-refractivity contribution is -0.131. The fraction of sp³-hybridized carbons (Fsp3) is 0.318. The lowest BCUT2D eigenvalue weighted by Gasteiger charge is -2.19. The van der Waals surface area contributed by atoms with Gasteiger partial charge in [0.25, 0.3) is 5.91 Å². The van der Waals surface area contributed by atoms with Gasteiger partial charge in [0.1, 0.15) is 12.6 Å². The summed E-state index contributed by atoms with van der Waals surface area (Å²) in [5, 5.41) is 2.79. The number of benzene rings is 2. The van der Waals surface area contributed by atoms with Crippen LogP contribution in [0.1, 0.15) is 24.5 Å². The molecule has 0 radical (unpaired) electrons. The second kappa shape index (κ2) is 8.69. The van der Waals surface area contributed by atoms with Crippen LogP contribution in [0.3, 0.4) is 0 Å². The van der Waals surface area contributed by atoms with E-state index in [1.807, 2.05) is 61.5 Å². The molecule has 0 aliphatic carbocycles. The van der Waals surface area contributed by atoms with Gasteiger partial charge in [0.2, 0.25) is 5.91 Å². The summed E-state index contributed by atoms with van der Waals surface area (Å²) in [5.74, 6) is -0.683. The monoisotopic (exact) mass is 379 g/mol. The van der Waals surface area contributed by atoms with E-state index in [4.69, 9.17) is 0 Å². The van der Waals surface area contributed by atoms with Crippen molar-refractivity contribution in [3.63, 3.8) is 0 Å². The Morgan fingerprint density at radius 1 is 1.04 bits per heavy atom. The van der Waals surface area contributed by atoms with E-state index < -0.39 is 12.1 Å². The molecule has 1 aliphatic rings. The zero-order valence-electron chi connectivity index (χ0n) is 16.2. The lowest BCUT2D eigenvalue weighted by atomic mass is 10.1. The molecule has 28 heavy (non-hydrogen) atoms. The summed E-state index contributed by atoms with van der Waals surface area (Å²) in [6.45, 7) is 3.88. The fourth-order valence-corrected chi connectivity index (χ4v) is 3.28. The molecular formula is C22H25N3O3. The van der Waals surface area contributed by atoms with E-state index in [0.29, 0.717) is 12.2 Å². The van der Waals surface area contributed by atoms with E-state index in [-0.39, 0.29) is 18.4 Å². The topological polar surface area (TPSA) is 69.7 Å². The standard InChI is InChI=1S/C22H25N3O3/c1-16-10-12-19(13-11-16)25-17(2)21(27)24(22(25)28)15-20(26)23-14-6-9-18-7-4-3-5-8-18/h3-5,7-8,10-13,17H,6,9,14-15H2,1-2H3,(H,23,26). The van der Waals surface area contributed by atoms with Gasteiger partial charge in [0.15, 0.2) is 0 Å². The van der Waals surface area contributed by atoms with Gasteiger partial charge in [-0.05, 0) is 44.4 Å². The fourth-order valence-electron chi connectivity index (χ4n) is 3.28. The summed E-state index contributed by atoms with van der Waals surface area (Å²) >= 11 is 0. The third-order valence-electron chi connectivity index (χ3n) is 4.87. The smallest absolute Gasteiger partial charge is 0.332 e. The Kier molecular flexibility index (Phi) is 6.09. The minimum atomic E-state index is -0.624. The molecule has 1 N–H and O–H groups in total. The molecule has 0 aromatic heterocycles. The van der Waals surface area contributed by atoms with Crippen molar-refractivity contribution < 1.29 is 14.4 Å². The molecule has 4 amide bonds. The van der Waals surface area contributed by atoms with E-state index in [1.54, 1.807) is 6.92 Å². The van der Waals surface area contributed by atoms with Crippen LogP contribution in [0.15, 0.2) is 54.6 Å². The number of anilines is 1. The Morgan fingerprint density at radius 3 is 2.39 bits per heavy atom. The van der Waals surface area contributed by atoms with Crippen LogP contribution in [0.4, 0.5) is 10.5 Å². The molecule has 2 aromatic rings. The Hall–Kier alpha value is -3.15. The highest BCUT2D eigenvalue weighted by atomic mass is 16.2. The number of carbonyl (C=O) groups excluding carboxylic acids is 3. The van der Waals surface area contributed by atoms with Crippen LogP contribution in [0, 0.1) is 6.92 Å². The Bertz CT molecular complexity index is 849. The van der Waals surface area contributed by atoms with Gasteiger partial charge in [0.05, 0.1) is 0 Å². The second-order valence-electron chi connectivity index (χ2n) is 7.03. The maximum atomic E-state index is 12.7. The summed E-state index contributed by atoms with van der Waals surface area (Å²) in [7, 11) is 0. The molecular weight excluding hydrogens is 354 g/mol. The van der Waals surface area contributed by atoms with E-state index in [1.165, 1.54) is 10.5 Å². The van der Waals surface area contributed by atoms with E-state index in [0.717, 1.165) is 23.3 Å². The maximum Gasteiger partial charge on any atom is 0.332 e. The molecule has 1 fully saturated rings. The molecule has 0 saturated carbocycles. The van der Waals surface area contributed by atoms with Crippen LogP contribution in [-0.2, 0) is 16.0 Å². The summed E-state index contributed by atoms with van der Waals surface area (Å²) < 4.78 is 0. The first-order valence-electron chi connectivity index (χ1n) is 9.49. The van der Waals surface area contributed by atoms with Crippen LogP contribution in [0.5, 0.6) is 0 Å². The number of hydrogen-bond donors (Lipinski definition) is 1. The molecule has 1 saturated heterocycles. The Balaban J connectivity index is 1.53. The van der Waals surface area contributed by atoms with Crippen LogP contribution >= 0.6 is 0 Å². The van der Waals surface area contributed by atoms with Crippen molar-refractivity contribution in [1.29, 1.82) is 0 Å². The zero-order chi connectivity index (χ0) is 20.1. The van der Waals surface area contributed by atoms with Gasteiger partial charge in [-0.15, -0.1) is 0 Å². The van der Waals surface area contributed by atoms with Crippen LogP contribution in [-0.4, -0.2) is 41.9 Å². The molecule has 146 valence electrons. The summed E-state index contributed by atoms with van der Waals surface area (Å²) in [5.41, 5.74) is 2.94. The molecule has 6 nitrogen and oxygen atoms in total. The van der Waals surface area contributed by atoms with Gasteiger partial charge >= 0.3 is 6.03 Å². The van der Waals surface area contributed by atoms with Crippen molar-refractivity contribution in [2.75, 3.05) is 18.0 Å². The van der Waals surface area contributed by atoms with E-state index >= 15 is 0 Å². The van der Waals surface area contributed by atoms with Crippen molar-refractivity contribution in [2.24, 2.45) is 0 Å². The Morgan fingerprint density at radius 2 is 1.71 bits per heavy atom. The van der Waals surface area contributed by atoms with Gasteiger partial charge in [-0.25, -0.2) is 4.79 Å². The van der Waals surface area contributed by atoms with Gasteiger partial charge < -0.3 is 5.32 Å². The van der Waals surface area contributed by atoms with Crippen molar-refractivity contribution >= 4 is 23.5 Å². The first-order chi connectivity index (χ1) is 13.5. The molecule has 1 atom stereocenters. The lowest BCUT2D eigenvalue weighted by Crippen LogP contribution is -2.41. The van der Waals surface area contributed by atoms with Crippen molar-refractivity contribution in [2.45, 2.75) is 32.7 Å². The van der Waals surface area contributed by atoms with Crippen LogP contribution < -0.4 is 10.2 Å². The predicted octanol–water partition coefficient (Wildman–Crippen LogP) is 2.90. The highest BCUT2D eigenvalue weighted by Crippen LogP contribution is 2.25. The highest BCUT2D eigenvalue weighted by molar-refractivity contribution is 6.15. The largest absolute Gasteiger partial charge is 0.355 e. The molecule has 1 unspecified atom stereocenters. The van der Waals surface area contributed by atoms with Crippen LogP contribution in [0.25, 0.3) is 0 Å². The SMILES string of the molecule is Cc1ccc(N2C(=O)N(CC(=O)NCCCc3ccccc3)C(=O)C2C)cc1. The number of amides is 4. The van der Waals surface area contributed by atoms with E-state index in [9.17, 15) is 14.4 Å². The quantitative estimate of drug-likeness (QED) is 0.594. The number of nitrogens with one attached hydrogen (secondary N) is 1. The number of hydrogen-bond acceptors (Lipinski definition) is 3. The van der Waals surface area contributed by atoms with Crippen molar-refractivity contribution in [1.82, 2.24) is 10.2 Å². The minimum Gasteiger partial charge on any atom is -0.355 e. The van der Waals surface area contributed by atoms with Crippen LogP contribution in [0.2, 0.25) is 0 Å². The molecule has 3 rings (SSSR count).